The molecule has 0 spiro atoms. The largest absolute Gasteiger partial charge is 0.330 e. The monoisotopic (exact) mass is 535 g/mol. The zero-order chi connectivity index (χ0) is 19.3. The number of nitrogens with zero attached hydrogens (tertiary/aromatic N) is 3. The molecule has 0 aliphatic carbocycles. The Hall–Kier alpha value is -2.13. The molecule has 0 aliphatic rings. The van der Waals surface area contributed by atoms with Gasteiger partial charge in [-0.15, -0.1) is 0 Å². The van der Waals surface area contributed by atoms with Crippen LogP contribution in [0.2, 0.25) is 0 Å². The van der Waals surface area contributed by atoms with Crippen molar-refractivity contribution in [2.75, 3.05) is 0 Å². The van der Waals surface area contributed by atoms with Gasteiger partial charge in [0.2, 0.25) is 0 Å². The van der Waals surface area contributed by atoms with E-state index in [-0.39, 0.29) is 11.2 Å². The van der Waals surface area contributed by atoms with Crippen LogP contribution in [0.15, 0.2) is 68.8 Å². The minimum atomic E-state index is -0.338. The van der Waals surface area contributed by atoms with Crippen molar-refractivity contribution in [1.29, 1.82) is 0 Å². The van der Waals surface area contributed by atoms with Gasteiger partial charge in [0.15, 0.2) is 0 Å². The molecule has 0 aliphatic heterocycles. The van der Waals surface area contributed by atoms with Crippen LogP contribution in [0.25, 0.3) is 27.8 Å². The van der Waals surface area contributed by atoms with Gasteiger partial charge in [0, 0.05) is 34.0 Å². The molecule has 0 bridgehead atoms. The summed E-state index contributed by atoms with van der Waals surface area (Å²) in [5, 5.41) is 0.528. The van der Waals surface area contributed by atoms with Crippen LogP contribution in [-0.2, 0) is 14.1 Å². The smallest absolute Gasteiger partial charge is 0.314 e. The fourth-order valence-corrected chi connectivity index (χ4v) is 3.86. The second-order valence-corrected chi connectivity index (χ2v) is 8.46. The molecule has 2 heterocycles. The van der Waals surface area contributed by atoms with Crippen molar-refractivity contribution >= 4 is 49.4 Å². The third kappa shape index (κ3) is 2.98. The predicted octanol–water partition coefficient (Wildman–Crippen LogP) is 4.06. The summed E-state index contributed by atoms with van der Waals surface area (Å²) in [5.41, 5.74) is 2.58. The number of hydrogen-bond acceptors (Lipinski definition) is 2. The number of aromatic nitrogens is 3. The molecule has 2 aromatic heterocycles. The highest BCUT2D eigenvalue weighted by atomic mass is 127. The molecule has 0 saturated carbocycles. The van der Waals surface area contributed by atoms with E-state index in [9.17, 15) is 9.59 Å². The summed E-state index contributed by atoms with van der Waals surface area (Å²) in [7, 11) is 3.20. The van der Waals surface area contributed by atoms with Gasteiger partial charge in [-0.1, -0.05) is 28.1 Å². The summed E-state index contributed by atoms with van der Waals surface area (Å²) in [4.78, 5) is 25.4. The molecule has 4 rings (SSSR count). The van der Waals surface area contributed by atoms with Gasteiger partial charge < -0.3 is 4.57 Å². The second-order valence-electron chi connectivity index (χ2n) is 6.30. The molecule has 0 N–H and O–H groups in total. The quantitative estimate of drug-likeness (QED) is 0.363. The first-order valence-electron chi connectivity index (χ1n) is 8.21. The minimum Gasteiger partial charge on any atom is -0.314 e. The molecule has 0 unspecified atom stereocenters. The lowest BCUT2D eigenvalue weighted by Crippen LogP contribution is -2.36. The lowest BCUT2D eigenvalue weighted by Gasteiger charge is -2.10. The van der Waals surface area contributed by atoms with Crippen molar-refractivity contribution in [3.8, 4) is 16.9 Å². The van der Waals surface area contributed by atoms with Gasteiger partial charge in [-0.2, -0.15) is 0 Å². The molecular weight excluding hydrogens is 521 g/mol. The summed E-state index contributed by atoms with van der Waals surface area (Å²) in [6, 6.07) is 15.9. The summed E-state index contributed by atoms with van der Waals surface area (Å²) >= 11 is 5.72. The van der Waals surface area contributed by atoms with Crippen LogP contribution in [0.1, 0.15) is 0 Å². The van der Waals surface area contributed by atoms with E-state index in [1.807, 2.05) is 59.3 Å². The third-order valence-corrected chi connectivity index (χ3v) is 5.91. The number of halogens is 2. The molecule has 0 fully saturated rings. The van der Waals surface area contributed by atoms with Gasteiger partial charge in [-0.3, -0.25) is 13.9 Å². The Kier molecular flexibility index (Phi) is 4.59. The molecule has 0 atom stereocenters. The van der Waals surface area contributed by atoms with Crippen LogP contribution in [0.5, 0.6) is 0 Å². The average molecular weight is 536 g/mol. The maximum Gasteiger partial charge on any atom is 0.330 e. The fourth-order valence-electron chi connectivity index (χ4n) is 3.24. The molecule has 136 valence electrons. The molecule has 0 amide bonds. The lowest BCUT2D eigenvalue weighted by molar-refractivity contribution is 0.714. The Morgan fingerprint density at radius 3 is 2.15 bits per heavy atom. The molecule has 2 aromatic carbocycles. The Morgan fingerprint density at radius 2 is 1.52 bits per heavy atom. The first-order valence-corrected chi connectivity index (χ1v) is 10.1. The molecule has 7 heteroatoms. The van der Waals surface area contributed by atoms with Crippen LogP contribution < -0.4 is 11.2 Å². The number of hydrogen-bond donors (Lipinski definition) is 0. The summed E-state index contributed by atoms with van der Waals surface area (Å²) < 4.78 is 6.74. The fraction of sp³-hybridized carbons (Fsp3) is 0.100. The third-order valence-electron chi connectivity index (χ3n) is 4.66. The van der Waals surface area contributed by atoms with E-state index in [1.165, 1.54) is 11.6 Å². The number of benzene rings is 2. The van der Waals surface area contributed by atoms with E-state index >= 15 is 0 Å². The Balaban J connectivity index is 2.18. The van der Waals surface area contributed by atoms with Crippen LogP contribution in [-0.4, -0.2) is 13.7 Å². The zero-order valence-electron chi connectivity index (χ0n) is 14.6. The molecule has 5 nitrogen and oxygen atoms in total. The number of fused-ring (bicyclic) bond motifs is 1. The number of aryl methyl sites for hydroxylation is 1. The normalized spacial score (nSPS) is 11.3. The van der Waals surface area contributed by atoms with Crippen LogP contribution in [0.4, 0.5) is 0 Å². The number of rotatable bonds is 2. The summed E-state index contributed by atoms with van der Waals surface area (Å²) in [6.07, 6.45) is 1.86. The average Bonchev–Trinajstić information content (AvgIpc) is 3.06. The van der Waals surface area contributed by atoms with Gasteiger partial charge in [-0.05, 0) is 64.6 Å². The van der Waals surface area contributed by atoms with Gasteiger partial charge in [0.05, 0.1) is 16.6 Å². The molecule has 27 heavy (non-hydrogen) atoms. The van der Waals surface area contributed by atoms with E-state index in [0.717, 1.165) is 29.6 Å². The van der Waals surface area contributed by atoms with E-state index in [1.54, 1.807) is 7.05 Å². The molecular formula is C20H15BrIN3O2. The van der Waals surface area contributed by atoms with E-state index in [0.29, 0.717) is 10.9 Å². The highest BCUT2D eigenvalue weighted by Gasteiger charge is 2.20. The minimum absolute atomic E-state index is 0.296. The summed E-state index contributed by atoms with van der Waals surface area (Å²) in [6.45, 7) is 0. The lowest BCUT2D eigenvalue weighted by atomic mass is 10.1. The Bertz CT molecular complexity index is 1280. The van der Waals surface area contributed by atoms with Crippen LogP contribution >= 0.6 is 38.5 Å². The van der Waals surface area contributed by atoms with Gasteiger partial charge >= 0.3 is 5.69 Å². The van der Waals surface area contributed by atoms with Gasteiger partial charge in [-0.25, -0.2) is 4.79 Å². The first kappa shape index (κ1) is 18.2. The topological polar surface area (TPSA) is 48.9 Å². The zero-order valence-corrected chi connectivity index (χ0v) is 18.4. The van der Waals surface area contributed by atoms with Crippen LogP contribution in [0.3, 0.4) is 0 Å². The second kappa shape index (κ2) is 6.79. The highest BCUT2D eigenvalue weighted by molar-refractivity contribution is 14.1. The SMILES string of the molecule is Cn1c(=O)c2c(-c3ccc(Br)cc3)n(-c3ccc(I)cc3)cc2n(C)c1=O. The predicted molar refractivity (Wildman–Crippen MR) is 120 cm³/mol. The van der Waals surface area contributed by atoms with Gasteiger partial charge in [0.1, 0.15) is 0 Å². The van der Waals surface area contributed by atoms with E-state index in [4.69, 9.17) is 0 Å². The molecule has 0 saturated heterocycles. The van der Waals surface area contributed by atoms with Crippen molar-refractivity contribution in [2.24, 2.45) is 14.1 Å². The highest BCUT2D eigenvalue weighted by Crippen LogP contribution is 2.31. The van der Waals surface area contributed by atoms with Crippen molar-refractivity contribution in [1.82, 2.24) is 13.7 Å². The maximum atomic E-state index is 13.0. The first-order chi connectivity index (χ1) is 12.9. The van der Waals surface area contributed by atoms with Gasteiger partial charge in [0.25, 0.3) is 5.56 Å². The van der Waals surface area contributed by atoms with Crippen molar-refractivity contribution in [2.45, 2.75) is 0 Å². The molecule has 0 radical (unpaired) electrons. The van der Waals surface area contributed by atoms with Crippen LogP contribution in [0, 0.1) is 3.57 Å². The van der Waals surface area contributed by atoms with Crippen molar-refractivity contribution < 1.29 is 0 Å². The standard InChI is InChI=1S/C20H15BrIN3O2/c1-23-16-11-25(15-9-7-14(22)8-10-15)18(12-3-5-13(21)6-4-12)17(16)19(26)24(2)20(23)27/h3-11H,1-2H3. The molecule has 4 aromatic rings. The Labute approximate surface area is 177 Å². The van der Waals surface area contributed by atoms with Crippen molar-refractivity contribution in [3.05, 3.63) is 83.6 Å². The maximum absolute atomic E-state index is 13.0. The van der Waals surface area contributed by atoms with E-state index < -0.39 is 0 Å². The van der Waals surface area contributed by atoms with Crippen molar-refractivity contribution in [3.63, 3.8) is 0 Å². The van der Waals surface area contributed by atoms with E-state index in [2.05, 4.69) is 38.5 Å². The summed E-state index contributed by atoms with van der Waals surface area (Å²) in [5.74, 6) is 0. The Morgan fingerprint density at radius 1 is 0.889 bits per heavy atom.